The fourth-order valence-corrected chi connectivity index (χ4v) is 4.10. The van der Waals surface area contributed by atoms with E-state index in [9.17, 15) is 9.59 Å². The summed E-state index contributed by atoms with van der Waals surface area (Å²) in [5.41, 5.74) is 3.64. The molecule has 2 aromatic carbocycles. The van der Waals surface area contributed by atoms with Crippen LogP contribution in [-0.4, -0.2) is 27.9 Å². The largest absolute Gasteiger partial charge is 0.458 e. The summed E-state index contributed by atoms with van der Waals surface area (Å²) in [6, 6.07) is 16.9. The molecule has 0 spiro atoms. The van der Waals surface area contributed by atoms with E-state index in [1.165, 1.54) is 18.3 Å². The van der Waals surface area contributed by atoms with Crippen LogP contribution in [0.4, 0.5) is 0 Å². The molecule has 0 saturated carbocycles. The molecule has 4 rings (SSSR count). The van der Waals surface area contributed by atoms with E-state index < -0.39 is 12.0 Å². The molecule has 30 heavy (non-hydrogen) atoms. The van der Waals surface area contributed by atoms with Gasteiger partial charge >= 0.3 is 5.97 Å². The molecule has 7 heteroatoms. The number of H-pyrrole nitrogens is 1. The SMILES string of the molecule is CC(=O)N[C@H](Cc1c[nH]c2ccccc12)C(=O)OCc1csc(-c2ccccc2)n1. The average molecular weight is 420 g/mol. The predicted octanol–water partition coefficient (Wildman–Crippen LogP) is 4.08. The van der Waals surface area contributed by atoms with Crippen LogP contribution in [0.3, 0.4) is 0 Å². The summed E-state index contributed by atoms with van der Waals surface area (Å²) < 4.78 is 5.48. The van der Waals surface area contributed by atoms with Crippen LogP contribution >= 0.6 is 11.3 Å². The molecule has 4 aromatic rings. The van der Waals surface area contributed by atoms with Crippen LogP contribution in [0.25, 0.3) is 21.5 Å². The molecular formula is C23H21N3O3S. The number of rotatable bonds is 7. The first-order chi connectivity index (χ1) is 14.6. The van der Waals surface area contributed by atoms with Gasteiger partial charge in [-0.05, 0) is 11.6 Å². The first-order valence-electron chi connectivity index (χ1n) is 9.58. The van der Waals surface area contributed by atoms with E-state index in [4.69, 9.17) is 4.74 Å². The van der Waals surface area contributed by atoms with Gasteiger partial charge in [-0.25, -0.2) is 9.78 Å². The Balaban J connectivity index is 1.44. The maximum Gasteiger partial charge on any atom is 0.329 e. The standard InChI is InChI=1S/C23H21N3O3S/c1-15(27)25-21(11-17-12-24-20-10-6-5-9-19(17)20)23(28)29-13-18-14-30-22(26-18)16-7-3-2-4-8-16/h2-10,12,14,21,24H,11,13H2,1H3,(H,25,27)/t21-/m1/s1. The topological polar surface area (TPSA) is 84.1 Å². The van der Waals surface area contributed by atoms with Gasteiger partial charge in [0.2, 0.25) is 5.91 Å². The van der Waals surface area contributed by atoms with Crippen LogP contribution in [0.5, 0.6) is 0 Å². The number of carbonyl (C=O) groups is 2. The lowest BCUT2D eigenvalue weighted by Crippen LogP contribution is -2.42. The van der Waals surface area contributed by atoms with Crippen molar-refractivity contribution in [3.8, 4) is 10.6 Å². The molecule has 0 aliphatic carbocycles. The van der Waals surface area contributed by atoms with Crippen molar-refractivity contribution in [3.63, 3.8) is 0 Å². The molecule has 2 heterocycles. The molecule has 0 radical (unpaired) electrons. The van der Waals surface area contributed by atoms with E-state index in [1.54, 1.807) is 0 Å². The Morgan fingerprint density at radius 1 is 1.13 bits per heavy atom. The number of ether oxygens (including phenoxy) is 1. The number of amides is 1. The number of hydrogen-bond donors (Lipinski definition) is 2. The van der Waals surface area contributed by atoms with Crippen molar-refractivity contribution in [1.82, 2.24) is 15.3 Å². The number of aromatic nitrogens is 2. The van der Waals surface area contributed by atoms with E-state index in [0.29, 0.717) is 12.1 Å². The monoisotopic (exact) mass is 419 g/mol. The Morgan fingerprint density at radius 3 is 2.70 bits per heavy atom. The lowest BCUT2D eigenvalue weighted by atomic mass is 10.0. The van der Waals surface area contributed by atoms with Gasteiger partial charge in [0, 0.05) is 41.4 Å². The van der Waals surface area contributed by atoms with Crippen LogP contribution < -0.4 is 5.32 Å². The second-order valence-corrected chi connectivity index (χ2v) is 7.79. The van der Waals surface area contributed by atoms with Crippen LogP contribution in [0, 0.1) is 0 Å². The Labute approximate surface area is 177 Å². The summed E-state index contributed by atoms with van der Waals surface area (Å²) in [5, 5.41) is 6.48. The molecule has 152 valence electrons. The third-order valence-corrected chi connectivity index (χ3v) is 5.64. The number of thiazole rings is 1. The van der Waals surface area contributed by atoms with Gasteiger partial charge in [0.15, 0.2) is 0 Å². The number of hydrogen-bond acceptors (Lipinski definition) is 5. The smallest absolute Gasteiger partial charge is 0.329 e. The first kappa shape index (κ1) is 19.8. The minimum atomic E-state index is -0.770. The van der Waals surface area contributed by atoms with Crippen molar-refractivity contribution in [3.05, 3.63) is 77.4 Å². The predicted molar refractivity (Wildman–Crippen MR) is 117 cm³/mol. The van der Waals surface area contributed by atoms with Gasteiger partial charge < -0.3 is 15.0 Å². The van der Waals surface area contributed by atoms with Gasteiger partial charge in [-0.15, -0.1) is 11.3 Å². The van der Waals surface area contributed by atoms with Gasteiger partial charge in [0.1, 0.15) is 17.7 Å². The first-order valence-corrected chi connectivity index (χ1v) is 10.5. The van der Waals surface area contributed by atoms with Gasteiger partial charge in [-0.1, -0.05) is 48.5 Å². The fraction of sp³-hybridized carbons (Fsp3) is 0.174. The zero-order valence-electron chi connectivity index (χ0n) is 16.4. The van der Waals surface area contributed by atoms with Gasteiger partial charge in [0.25, 0.3) is 0 Å². The normalized spacial score (nSPS) is 11.9. The zero-order chi connectivity index (χ0) is 20.9. The van der Waals surface area contributed by atoms with E-state index in [2.05, 4.69) is 15.3 Å². The molecule has 2 N–H and O–H groups in total. The summed E-state index contributed by atoms with van der Waals surface area (Å²) in [7, 11) is 0. The number of fused-ring (bicyclic) bond motifs is 1. The van der Waals surface area contributed by atoms with Crippen molar-refractivity contribution < 1.29 is 14.3 Å². The lowest BCUT2D eigenvalue weighted by Gasteiger charge is -2.16. The Hall–Kier alpha value is -3.45. The van der Waals surface area contributed by atoms with Crippen LogP contribution in [0.15, 0.2) is 66.2 Å². The van der Waals surface area contributed by atoms with Crippen molar-refractivity contribution in [2.24, 2.45) is 0 Å². The van der Waals surface area contributed by atoms with Crippen molar-refractivity contribution in [1.29, 1.82) is 0 Å². The maximum absolute atomic E-state index is 12.7. The van der Waals surface area contributed by atoms with Crippen molar-refractivity contribution in [2.75, 3.05) is 0 Å². The second kappa shape index (κ2) is 8.92. The Kier molecular flexibility index (Phi) is 5.90. The van der Waals surface area contributed by atoms with Crippen LogP contribution in [0.1, 0.15) is 18.2 Å². The molecule has 0 fully saturated rings. The summed E-state index contributed by atoms with van der Waals surface area (Å²) in [6.45, 7) is 1.45. The molecule has 1 atom stereocenters. The third-order valence-electron chi connectivity index (χ3n) is 4.70. The molecule has 1 amide bonds. The Morgan fingerprint density at radius 2 is 1.90 bits per heavy atom. The number of esters is 1. The molecular weight excluding hydrogens is 398 g/mol. The molecule has 0 aliphatic rings. The number of aromatic amines is 1. The second-order valence-electron chi connectivity index (χ2n) is 6.93. The highest BCUT2D eigenvalue weighted by Crippen LogP contribution is 2.24. The number of nitrogens with one attached hydrogen (secondary N) is 2. The van der Waals surface area contributed by atoms with E-state index in [-0.39, 0.29) is 12.5 Å². The van der Waals surface area contributed by atoms with Crippen LogP contribution in [0.2, 0.25) is 0 Å². The maximum atomic E-state index is 12.7. The quantitative estimate of drug-likeness (QED) is 0.442. The average Bonchev–Trinajstić information content (AvgIpc) is 3.39. The molecule has 0 bridgehead atoms. The van der Waals surface area contributed by atoms with E-state index in [1.807, 2.05) is 66.2 Å². The summed E-state index contributed by atoms with van der Waals surface area (Å²) in [6.07, 6.45) is 2.20. The van der Waals surface area contributed by atoms with Crippen molar-refractivity contribution >= 4 is 34.1 Å². The van der Waals surface area contributed by atoms with Crippen molar-refractivity contribution in [2.45, 2.75) is 26.0 Å². The molecule has 6 nitrogen and oxygen atoms in total. The fourth-order valence-electron chi connectivity index (χ4n) is 3.29. The van der Waals surface area contributed by atoms with Gasteiger partial charge in [-0.3, -0.25) is 4.79 Å². The van der Waals surface area contributed by atoms with Gasteiger partial charge in [0.05, 0.1) is 5.69 Å². The highest BCUT2D eigenvalue weighted by molar-refractivity contribution is 7.13. The van der Waals surface area contributed by atoms with E-state index >= 15 is 0 Å². The number of para-hydroxylation sites is 1. The Bertz CT molecular complexity index is 1170. The minimum Gasteiger partial charge on any atom is -0.458 e. The molecule has 0 aliphatic heterocycles. The summed E-state index contributed by atoms with van der Waals surface area (Å²) >= 11 is 1.50. The lowest BCUT2D eigenvalue weighted by molar-refractivity contribution is -0.149. The summed E-state index contributed by atoms with van der Waals surface area (Å²) in [5.74, 6) is -0.762. The zero-order valence-corrected chi connectivity index (χ0v) is 17.2. The third kappa shape index (κ3) is 4.58. The molecule has 0 unspecified atom stereocenters. The number of carbonyl (C=O) groups excluding carboxylic acids is 2. The highest BCUT2D eigenvalue weighted by atomic mass is 32.1. The molecule has 2 aromatic heterocycles. The minimum absolute atomic E-state index is 0.0616. The van der Waals surface area contributed by atoms with Crippen LogP contribution in [-0.2, 0) is 27.4 Å². The van der Waals surface area contributed by atoms with Gasteiger partial charge in [-0.2, -0.15) is 0 Å². The highest BCUT2D eigenvalue weighted by Gasteiger charge is 2.23. The molecule has 0 saturated heterocycles. The van der Waals surface area contributed by atoms with E-state index in [0.717, 1.165) is 27.0 Å². The summed E-state index contributed by atoms with van der Waals surface area (Å²) in [4.78, 5) is 32.1. The number of nitrogens with zero attached hydrogens (tertiary/aromatic N) is 1. The number of benzene rings is 2.